The average molecular weight is 316 g/mol. The molecule has 5 rings (SSSR count). The van der Waals surface area contributed by atoms with Crippen molar-refractivity contribution >= 4 is 16.9 Å². The Hall–Kier alpha value is -1.95. The van der Waals surface area contributed by atoms with Crippen molar-refractivity contribution in [2.45, 2.75) is 38.4 Å². The summed E-state index contributed by atoms with van der Waals surface area (Å²) >= 11 is 0. The first-order chi connectivity index (χ1) is 11.1. The van der Waals surface area contributed by atoms with E-state index in [1.54, 1.807) is 6.20 Å². The second kappa shape index (κ2) is 5.30. The lowest BCUT2D eigenvalue weighted by Gasteiger charge is -2.50. The van der Waals surface area contributed by atoms with Crippen LogP contribution in [0.15, 0.2) is 23.1 Å². The zero-order valence-electron chi connectivity index (χ0n) is 13.5. The number of hydrogen-bond donors (Lipinski definition) is 0. The van der Waals surface area contributed by atoms with Gasteiger partial charge in [-0.3, -0.25) is 9.69 Å². The van der Waals surface area contributed by atoms with Crippen LogP contribution in [-0.4, -0.2) is 46.7 Å². The SMILES string of the molecule is CCn1ccc(=O)c2cc(F)c(N3CC4CCC3CN4C)nc21. The third kappa shape index (κ3) is 2.24. The molecule has 0 aliphatic carbocycles. The number of pyridine rings is 2. The summed E-state index contributed by atoms with van der Waals surface area (Å²) in [6.07, 6.45) is 3.96. The molecule has 3 aliphatic heterocycles. The summed E-state index contributed by atoms with van der Waals surface area (Å²) in [4.78, 5) is 21.0. The van der Waals surface area contributed by atoms with Crippen LogP contribution in [0.3, 0.4) is 0 Å². The third-order valence-corrected chi connectivity index (χ3v) is 5.30. The first-order valence-corrected chi connectivity index (χ1v) is 8.25. The average Bonchev–Trinajstić information content (AvgIpc) is 2.56. The Bertz CT molecular complexity index is 818. The van der Waals surface area contributed by atoms with E-state index < -0.39 is 5.82 Å². The molecule has 23 heavy (non-hydrogen) atoms. The smallest absolute Gasteiger partial charge is 0.191 e. The van der Waals surface area contributed by atoms with Crippen LogP contribution in [0.4, 0.5) is 10.2 Å². The summed E-state index contributed by atoms with van der Waals surface area (Å²) in [5, 5.41) is 0.356. The summed E-state index contributed by atoms with van der Waals surface area (Å²) in [6, 6.07) is 3.60. The number of likely N-dealkylation sites (N-methyl/N-ethyl adjacent to an activating group) is 1. The van der Waals surface area contributed by atoms with Crippen LogP contribution in [0.25, 0.3) is 11.0 Å². The predicted octanol–water partition coefficient (Wildman–Crippen LogP) is 1.84. The van der Waals surface area contributed by atoms with Gasteiger partial charge in [-0.2, -0.15) is 0 Å². The molecule has 2 aromatic rings. The largest absolute Gasteiger partial charge is 0.348 e. The van der Waals surface area contributed by atoms with Gasteiger partial charge in [-0.05, 0) is 32.9 Å². The fourth-order valence-corrected chi connectivity index (χ4v) is 3.94. The monoisotopic (exact) mass is 316 g/mol. The number of rotatable bonds is 2. The molecule has 122 valence electrons. The van der Waals surface area contributed by atoms with Crippen LogP contribution in [0, 0.1) is 5.82 Å². The zero-order chi connectivity index (χ0) is 16.1. The lowest BCUT2D eigenvalue weighted by atomic mass is 9.91. The van der Waals surface area contributed by atoms with E-state index in [1.165, 1.54) is 12.1 Å². The third-order valence-electron chi connectivity index (χ3n) is 5.30. The lowest BCUT2D eigenvalue weighted by Crippen LogP contribution is -2.61. The Morgan fingerprint density at radius 2 is 2.09 bits per heavy atom. The topological polar surface area (TPSA) is 41.4 Å². The molecule has 3 saturated heterocycles. The van der Waals surface area contributed by atoms with E-state index >= 15 is 0 Å². The van der Waals surface area contributed by atoms with Gasteiger partial charge < -0.3 is 9.47 Å². The van der Waals surface area contributed by atoms with E-state index in [0.29, 0.717) is 35.5 Å². The first-order valence-electron chi connectivity index (χ1n) is 8.25. The van der Waals surface area contributed by atoms with E-state index in [9.17, 15) is 9.18 Å². The fourth-order valence-electron chi connectivity index (χ4n) is 3.94. The molecule has 0 radical (unpaired) electrons. The van der Waals surface area contributed by atoms with E-state index in [0.717, 1.165) is 25.9 Å². The summed E-state index contributed by atoms with van der Waals surface area (Å²) in [7, 11) is 2.13. The van der Waals surface area contributed by atoms with Gasteiger partial charge in [0.2, 0.25) is 0 Å². The molecule has 0 N–H and O–H groups in total. The number of aromatic nitrogens is 2. The number of nitrogens with zero attached hydrogens (tertiary/aromatic N) is 4. The second-order valence-corrected chi connectivity index (χ2v) is 6.61. The van der Waals surface area contributed by atoms with Gasteiger partial charge in [-0.1, -0.05) is 0 Å². The van der Waals surface area contributed by atoms with Gasteiger partial charge in [-0.25, -0.2) is 9.37 Å². The van der Waals surface area contributed by atoms with Crippen molar-refractivity contribution in [1.29, 1.82) is 0 Å². The molecule has 0 spiro atoms. The maximum absolute atomic E-state index is 14.7. The van der Waals surface area contributed by atoms with Crippen LogP contribution in [0.1, 0.15) is 19.8 Å². The maximum Gasteiger partial charge on any atom is 0.191 e. The standard InChI is InChI=1S/C17H21FN4O/c1-3-21-7-6-15(23)13-8-14(18)17(19-16(13)21)22-10-11-4-5-12(22)9-20(11)2/h6-8,11-12H,3-5,9-10H2,1-2H3. The normalized spacial score (nSPS) is 24.6. The molecular weight excluding hydrogens is 295 g/mol. The highest BCUT2D eigenvalue weighted by Crippen LogP contribution is 2.33. The van der Waals surface area contributed by atoms with E-state index in [-0.39, 0.29) is 5.43 Å². The van der Waals surface area contributed by atoms with Crippen molar-refractivity contribution in [2.75, 3.05) is 25.0 Å². The Balaban J connectivity index is 1.85. The van der Waals surface area contributed by atoms with Gasteiger partial charge in [0.1, 0.15) is 5.65 Å². The molecule has 5 heterocycles. The molecular formula is C17H21FN4O. The van der Waals surface area contributed by atoms with Crippen LogP contribution in [-0.2, 0) is 6.54 Å². The van der Waals surface area contributed by atoms with Crippen LogP contribution in [0.5, 0.6) is 0 Å². The van der Waals surface area contributed by atoms with E-state index in [1.807, 2.05) is 11.5 Å². The zero-order valence-corrected chi connectivity index (χ0v) is 13.5. The second-order valence-electron chi connectivity index (χ2n) is 6.61. The Labute approximate surface area is 134 Å². The quantitative estimate of drug-likeness (QED) is 0.848. The fraction of sp³-hybridized carbons (Fsp3) is 0.529. The Kier molecular flexibility index (Phi) is 3.37. The number of anilines is 1. The first kappa shape index (κ1) is 14.6. The van der Waals surface area contributed by atoms with Crippen LogP contribution < -0.4 is 10.3 Å². The van der Waals surface area contributed by atoms with Crippen molar-refractivity contribution in [3.63, 3.8) is 0 Å². The Morgan fingerprint density at radius 1 is 1.30 bits per heavy atom. The van der Waals surface area contributed by atoms with Crippen molar-refractivity contribution in [3.05, 3.63) is 34.4 Å². The number of piperazine rings is 1. The number of aryl methyl sites for hydroxylation is 1. The van der Waals surface area contributed by atoms with Gasteiger partial charge in [-0.15, -0.1) is 0 Å². The minimum atomic E-state index is -0.390. The highest BCUT2D eigenvalue weighted by atomic mass is 19.1. The van der Waals surface area contributed by atoms with Crippen LogP contribution >= 0.6 is 0 Å². The minimum absolute atomic E-state index is 0.178. The highest BCUT2D eigenvalue weighted by molar-refractivity contribution is 5.77. The van der Waals surface area contributed by atoms with Crippen LogP contribution in [0.2, 0.25) is 0 Å². The van der Waals surface area contributed by atoms with Gasteiger partial charge in [0.25, 0.3) is 0 Å². The summed E-state index contributed by atoms with van der Waals surface area (Å²) in [5.41, 5.74) is 0.397. The predicted molar refractivity (Wildman–Crippen MR) is 88.4 cm³/mol. The molecule has 2 unspecified atom stereocenters. The summed E-state index contributed by atoms with van der Waals surface area (Å²) in [6.45, 7) is 4.44. The molecule has 0 saturated carbocycles. The van der Waals surface area contributed by atoms with E-state index in [2.05, 4.69) is 21.8 Å². The van der Waals surface area contributed by atoms with Gasteiger partial charge in [0.15, 0.2) is 17.1 Å². The number of fused-ring (bicyclic) bond motifs is 4. The van der Waals surface area contributed by atoms with Gasteiger partial charge in [0, 0.05) is 44.0 Å². The van der Waals surface area contributed by atoms with Crippen molar-refractivity contribution < 1.29 is 4.39 Å². The molecule has 6 heteroatoms. The van der Waals surface area contributed by atoms with Crippen molar-refractivity contribution in [3.8, 4) is 0 Å². The Morgan fingerprint density at radius 3 is 2.74 bits per heavy atom. The molecule has 2 bridgehead atoms. The maximum atomic E-state index is 14.7. The molecule has 0 aromatic carbocycles. The van der Waals surface area contributed by atoms with Gasteiger partial charge >= 0.3 is 0 Å². The summed E-state index contributed by atoms with van der Waals surface area (Å²) < 4.78 is 16.6. The molecule has 3 aliphatic rings. The van der Waals surface area contributed by atoms with Crippen molar-refractivity contribution in [1.82, 2.24) is 14.5 Å². The molecule has 3 fully saturated rings. The highest BCUT2D eigenvalue weighted by Gasteiger charge is 2.38. The van der Waals surface area contributed by atoms with E-state index in [4.69, 9.17) is 0 Å². The lowest BCUT2D eigenvalue weighted by molar-refractivity contribution is 0.124. The van der Waals surface area contributed by atoms with Crippen molar-refractivity contribution in [2.24, 2.45) is 0 Å². The molecule has 2 atom stereocenters. The molecule has 2 aromatic heterocycles. The molecule has 5 nitrogen and oxygen atoms in total. The number of halogens is 1. The minimum Gasteiger partial charge on any atom is -0.348 e. The van der Waals surface area contributed by atoms with Gasteiger partial charge in [0.05, 0.1) is 5.39 Å². The number of hydrogen-bond acceptors (Lipinski definition) is 4. The molecule has 0 amide bonds. The summed E-state index contributed by atoms with van der Waals surface area (Å²) in [5.74, 6) is 0.00626. The number of piperidine rings is 2.